The zero-order chi connectivity index (χ0) is 28.2. The van der Waals surface area contributed by atoms with Gasteiger partial charge in [0.25, 0.3) is 0 Å². The fraction of sp³-hybridized carbons (Fsp3) is 0.310. The number of nitrogens with zero attached hydrogens (tertiary/aromatic N) is 2. The second-order valence-corrected chi connectivity index (χ2v) is 12.5. The van der Waals surface area contributed by atoms with E-state index in [1.165, 1.54) is 10.4 Å². The van der Waals surface area contributed by atoms with Gasteiger partial charge >= 0.3 is 0 Å². The first-order valence-corrected chi connectivity index (χ1v) is 14.9. The molecule has 1 aliphatic heterocycles. The number of rotatable bonds is 8. The summed E-state index contributed by atoms with van der Waals surface area (Å²) < 4.78 is 43.1. The number of hydrogen-bond donors (Lipinski definition) is 1. The summed E-state index contributed by atoms with van der Waals surface area (Å²) in [6.45, 7) is 4.50. The molecule has 1 fully saturated rings. The average Bonchev–Trinajstić information content (AvgIpc) is 2.92. The van der Waals surface area contributed by atoms with Gasteiger partial charge < -0.3 is 10.2 Å². The van der Waals surface area contributed by atoms with Gasteiger partial charge in [-0.3, -0.25) is 9.59 Å². The maximum atomic E-state index is 14.8. The van der Waals surface area contributed by atoms with Crippen molar-refractivity contribution in [2.24, 2.45) is 0 Å². The molecule has 0 radical (unpaired) electrons. The highest BCUT2D eigenvalue weighted by Gasteiger charge is 2.31. The molecule has 39 heavy (non-hydrogen) atoms. The maximum Gasteiger partial charge on any atom is 0.243 e. The predicted octanol–water partition coefficient (Wildman–Crippen LogP) is 4.72. The first-order chi connectivity index (χ1) is 18.6. The predicted molar refractivity (Wildman–Crippen MR) is 151 cm³/mol. The van der Waals surface area contributed by atoms with Crippen LogP contribution in [0.2, 0.25) is 0 Å². The monoisotopic (exact) mass is 615 g/mol. The zero-order valence-corrected chi connectivity index (χ0v) is 24.3. The number of aryl methyl sites for hydroxylation is 2. The summed E-state index contributed by atoms with van der Waals surface area (Å²) in [5.41, 5.74) is 2.59. The third-order valence-corrected chi connectivity index (χ3v) is 9.36. The molecule has 3 aromatic carbocycles. The van der Waals surface area contributed by atoms with E-state index in [-0.39, 0.29) is 55.7 Å². The molecule has 0 bridgehead atoms. The molecule has 10 heteroatoms. The van der Waals surface area contributed by atoms with E-state index in [2.05, 4.69) is 21.2 Å². The number of nitrogens with one attached hydrogen (secondary N) is 1. The Morgan fingerprint density at radius 1 is 0.949 bits per heavy atom. The van der Waals surface area contributed by atoms with E-state index in [9.17, 15) is 22.4 Å². The van der Waals surface area contributed by atoms with Gasteiger partial charge in [-0.15, -0.1) is 0 Å². The minimum atomic E-state index is -3.66. The van der Waals surface area contributed by atoms with E-state index in [4.69, 9.17) is 0 Å². The van der Waals surface area contributed by atoms with Crippen molar-refractivity contribution in [1.29, 1.82) is 0 Å². The third-order valence-electron chi connectivity index (χ3n) is 6.83. The second kappa shape index (κ2) is 12.4. The van der Waals surface area contributed by atoms with Crippen LogP contribution in [-0.2, 0) is 19.6 Å². The summed E-state index contributed by atoms with van der Waals surface area (Å²) in [4.78, 5) is 27.6. The van der Waals surface area contributed by atoms with Crippen molar-refractivity contribution in [1.82, 2.24) is 14.5 Å². The summed E-state index contributed by atoms with van der Waals surface area (Å²) in [5.74, 6) is -1.06. The third kappa shape index (κ3) is 6.93. The number of halogens is 2. The molecule has 0 saturated carbocycles. The zero-order valence-electron chi connectivity index (χ0n) is 21.9. The lowest BCUT2D eigenvalue weighted by Gasteiger charge is -2.34. The Kier molecular flexibility index (Phi) is 9.19. The van der Waals surface area contributed by atoms with Crippen LogP contribution in [0.15, 0.2) is 76.1 Å². The van der Waals surface area contributed by atoms with Gasteiger partial charge in [0.15, 0.2) is 0 Å². The number of amides is 2. The van der Waals surface area contributed by atoms with Crippen molar-refractivity contribution in [2.75, 3.05) is 26.2 Å². The molecular formula is C29H31BrFN3O4S. The van der Waals surface area contributed by atoms with Crippen LogP contribution in [-0.4, -0.2) is 55.6 Å². The highest BCUT2D eigenvalue weighted by atomic mass is 79.9. The van der Waals surface area contributed by atoms with Gasteiger partial charge in [0.1, 0.15) is 5.82 Å². The number of benzene rings is 3. The molecule has 0 spiro atoms. The molecule has 4 rings (SSSR count). The largest absolute Gasteiger partial charge is 0.345 e. The van der Waals surface area contributed by atoms with E-state index in [1.54, 1.807) is 36.1 Å². The van der Waals surface area contributed by atoms with Gasteiger partial charge in [-0.1, -0.05) is 64.5 Å². The summed E-state index contributed by atoms with van der Waals surface area (Å²) >= 11 is 3.26. The number of carbonyl (C=O) groups excluding carboxylic acids is 2. The molecule has 2 amide bonds. The SMILES string of the molecule is Cc1ccc(C)c(S(=O)(=O)N2CCN(C(=O)CCC(=O)NC(c3ccccc3)c3ccc(Br)cc3F)CC2)c1. The molecule has 1 heterocycles. The molecule has 206 valence electrons. The standard InChI is InChI=1S/C29H31BrFN3O4S/c1-20-8-9-21(2)26(18-20)39(37,38)34-16-14-33(15-17-34)28(36)13-12-27(35)32-29(22-6-4-3-5-7-22)24-11-10-23(30)19-25(24)31/h3-11,18-19,29H,12-17H2,1-2H3,(H,32,35). The second-order valence-electron chi connectivity index (χ2n) is 9.63. The highest BCUT2D eigenvalue weighted by Crippen LogP contribution is 2.27. The molecule has 0 aliphatic carbocycles. The molecular weight excluding hydrogens is 585 g/mol. The normalized spacial score (nSPS) is 15.1. The summed E-state index contributed by atoms with van der Waals surface area (Å²) in [5, 5.41) is 2.87. The van der Waals surface area contributed by atoms with Crippen LogP contribution in [0.4, 0.5) is 4.39 Å². The smallest absolute Gasteiger partial charge is 0.243 e. The van der Waals surface area contributed by atoms with Crippen molar-refractivity contribution in [2.45, 2.75) is 37.6 Å². The molecule has 1 saturated heterocycles. The lowest BCUT2D eigenvalue weighted by molar-refractivity contribution is -0.134. The summed E-state index contributed by atoms with van der Waals surface area (Å²) in [6.07, 6.45) is -0.0960. The number of carbonyl (C=O) groups is 2. The summed E-state index contributed by atoms with van der Waals surface area (Å²) in [7, 11) is -3.66. The quantitative estimate of drug-likeness (QED) is 0.397. The number of hydrogen-bond acceptors (Lipinski definition) is 4. The van der Waals surface area contributed by atoms with Gasteiger partial charge in [0.2, 0.25) is 21.8 Å². The molecule has 1 atom stereocenters. The molecule has 7 nitrogen and oxygen atoms in total. The number of sulfonamides is 1. The lowest BCUT2D eigenvalue weighted by atomic mass is 9.98. The Bertz CT molecular complexity index is 1460. The van der Waals surface area contributed by atoms with Crippen LogP contribution in [0.3, 0.4) is 0 Å². The Morgan fingerprint density at radius 3 is 2.31 bits per heavy atom. The Labute approximate surface area is 237 Å². The van der Waals surface area contributed by atoms with Crippen LogP contribution in [0.5, 0.6) is 0 Å². The van der Waals surface area contributed by atoms with E-state index >= 15 is 0 Å². The fourth-order valence-corrected chi connectivity index (χ4v) is 6.70. The molecule has 0 aromatic heterocycles. The van der Waals surface area contributed by atoms with Crippen LogP contribution >= 0.6 is 15.9 Å². The van der Waals surface area contributed by atoms with Gasteiger partial charge in [-0.25, -0.2) is 12.8 Å². The van der Waals surface area contributed by atoms with Crippen molar-refractivity contribution < 1.29 is 22.4 Å². The van der Waals surface area contributed by atoms with Crippen LogP contribution in [0, 0.1) is 19.7 Å². The first-order valence-electron chi connectivity index (χ1n) is 12.7. The first kappa shape index (κ1) is 28.9. The Balaban J connectivity index is 1.35. The van der Waals surface area contributed by atoms with Gasteiger partial charge in [0, 0.05) is 49.1 Å². The highest BCUT2D eigenvalue weighted by molar-refractivity contribution is 9.10. The van der Waals surface area contributed by atoms with Crippen LogP contribution in [0.25, 0.3) is 0 Å². The van der Waals surface area contributed by atoms with Crippen molar-refractivity contribution >= 4 is 37.8 Å². The molecule has 1 unspecified atom stereocenters. The topological polar surface area (TPSA) is 86.8 Å². The molecule has 3 aromatic rings. The van der Waals surface area contributed by atoms with Gasteiger partial charge in [-0.2, -0.15) is 4.31 Å². The maximum absolute atomic E-state index is 14.8. The molecule has 1 aliphatic rings. The van der Waals surface area contributed by atoms with Crippen LogP contribution < -0.4 is 5.32 Å². The fourth-order valence-electron chi connectivity index (χ4n) is 4.64. The summed E-state index contributed by atoms with van der Waals surface area (Å²) in [6, 6.07) is 18.4. The van der Waals surface area contributed by atoms with Crippen molar-refractivity contribution in [3.8, 4) is 0 Å². The van der Waals surface area contributed by atoms with Gasteiger partial charge in [-0.05, 0) is 48.7 Å². The van der Waals surface area contributed by atoms with E-state index in [1.807, 2.05) is 43.3 Å². The number of piperazine rings is 1. The van der Waals surface area contributed by atoms with E-state index in [0.717, 1.165) is 11.1 Å². The lowest BCUT2D eigenvalue weighted by Crippen LogP contribution is -2.50. The van der Waals surface area contributed by atoms with Crippen molar-refractivity contribution in [3.05, 3.63) is 99.3 Å². The minimum Gasteiger partial charge on any atom is -0.345 e. The Morgan fingerprint density at radius 2 is 1.64 bits per heavy atom. The van der Waals surface area contributed by atoms with Gasteiger partial charge in [0.05, 0.1) is 10.9 Å². The van der Waals surface area contributed by atoms with Crippen LogP contribution in [0.1, 0.15) is 41.1 Å². The van der Waals surface area contributed by atoms with Crippen molar-refractivity contribution in [3.63, 3.8) is 0 Å². The van der Waals surface area contributed by atoms with E-state index in [0.29, 0.717) is 15.6 Å². The minimum absolute atomic E-state index is 0.0279. The van der Waals surface area contributed by atoms with E-state index < -0.39 is 21.9 Å². The molecule has 1 N–H and O–H groups in total. The Hall–Kier alpha value is -3.08. The average molecular weight is 617 g/mol.